The normalized spacial score (nSPS) is 19.4. The number of thioether (sulfide) groups is 2. The Kier molecular flexibility index (Phi) is 19.3. The summed E-state index contributed by atoms with van der Waals surface area (Å²) in [4.78, 5) is 90.2. The van der Waals surface area contributed by atoms with E-state index >= 15 is 0 Å². The summed E-state index contributed by atoms with van der Waals surface area (Å²) in [7, 11) is 1.58. The SMILES string of the molecule is C=CC(=O)OCCCOC1CCC(C(=O)Oc2ccc(C(=O)Oc3ccc(OC(=O)c4ccc(OC(=O)C5CCC(OCCCOC(=O)C=C)CC5)cc4)c4c3SC(=C3C(=O)N(C)N=C3C(C)C)S4)cc2)CC1. The average Bonchev–Trinajstić information content (AvgIpc) is 3.98. The molecule has 73 heavy (non-hydrogen) atoms. The largest absolute Gasteiger partial charge is 0.462 e. The van der Waals surface area contributed by atoms with Crippen LogP contribution in [-0.2, 0) is 42.9 Å². The monoisotopic (exact) mass is 1040 g/mol. The predicted octanol–water partition coefficient (Wildman–Crippen LogP) is 9.22. The van der Waals surface area contributed by atoms with Crippen molar-refractivity contribution in [1.29, 1.82) is 0 Å². The maximum Gasteiger partial charge on any atom is 0.343 e. The molecule has 3 aromatic carbocycles. The van der Waals surface area contributed by atoms with E-state index in [0.717, 1.165) is 12.2 Å². The number of rotatable bonds is 21. The molecule has 386 valence electrons. The van der Waals surface area contributed by atoms with Gasteiger partial charge in [0, 0.05) is 32.0 Å². The van der Waals surface area contributed by atoms with Crippen LogP contribution in [-0.4, -0.2) is 98.1 Å². The first kappa shape index (κ1) is 54.2. The van der Waals surface area contributed by atoms with Crippen LogP contribution in [0.1, 0.15) is 98.8 Å². The van der Waals surface area contributed by atoms with Crippen LogP contribution in [0.5, 0.6) is 23.0 Å². The van der Waals surface area contributed by atoms with E-state index in [1.54, 1.807) is 7.05 Å². The Labute approximate surface area is 432 Å². The number of nitrogens with zero attached hydrogens (tertiary/aromatic N) is 2. The molecule has 3 aromatic rings. The van der Waals surface area contributed by atoms with E-state index in [1.807, 2.05) is 13.8 Å². The number of fused-ring (bicyclic) bond motifs is 1. The standard InChI is InChI=1S/C54H58N2O15S2/c1-6-43(57)66-30-8-28-64-37-18-10-33(11-19-37)50(60)68-39-22-14-35(15-23-39)52(62)70-41-26-27-42(48-47(41)72-54(73-48)45-46(32(3)4)55-56(5)49(45)59)71-53(63)36-16-24-40(25-17-36)69-51(61)34-12-20-38(21-13-34)65-29-9-31-67-44(58)7-2/h6-7,14-17,22-27,32-34,37-38H,1-2,8-13,18-21,28-31H2,3-5H3. The quantitative estimate of drug-likeness (QED) is 0.0421. The van der Waals surface area contributed by atoms with Gasteiger partial charge in [0.15, 0.2) is 0 Å². The second kappa shape index (κ2) is 25.9. The summed E-state index contributed by atoms with van der Waals surface area (Å²) >= 11 is 2.41. The number of benzene rings is 3. The summed E-state index contributed by atoms with van der Waals surface area (Å²) < 4.78 is 45.6. The summed E-state index contributed by atoms with van der Waals surface area (Å²) in [6.07, 6.45) is 8.53. The molecule has 0 radical (unpaired) electrons. The number of ether oxygens (including phenoxy) is 8. The van der Waals surface area contributed by atoms with Crippen molar-refractivity contribution in [2.75, 3.05) is 33.5 Å². The molecule has 2 aliphatic heterocycles. The first-order valence-corrected chi connectivity index (χ1v) is 25.9. The van der Waals surface area contributed by atoms with Gasteiger partial charge in [-0.25, -0.2) is 24.2 Å². The van der Waals surface area contributed by atoms with E-state index in [1.165, 1.54) is 89.2 Å². The van der Waals surface area contributed by atoms with Crippen molar-refractivity contribution in [1.82, 2.24) is 5.01 Å². The van der Waals surface area contributed by atoms with Crippen molar-refractivity contribution in [3.63, 3.8) is 0 Å². The average molecular weight is 1040 g/mol. The molecule has 4 aliphatic rings. The lowest BCUT2D eigenvalue weighted by Gasteiger charge is -2.27. The Bertz CT molecular complexity index is 2480. The number of esters is 6. The maximum atomic E-state index is 13.7. The van der Waals surface area contributed by atoms with Gasteiger partial charge in [-0.15, -0.1) is 0 Å². The molecule has 19 heteroatoms. The molecule has 7 rings (SSSR count). The lowest BCUT2D eigenvalue weighted by atomic mass is 9.87. The van der Waals surface area contributed by atoms with E-state index < -0.39 is 23.9 Å². The second-order valence-electron chi connectivity index (χ2n) is 17.9. The van der Waals surface area contributed by atoms with Crippen LogP contribution in [0.15, 0.2) is 111 Å². The van der Waals surface area contributed by atoms with Gasteiger partial charge in [-0.1, -0.05) is 50.5 Å². The number of carbonyl (C=O) groups is 7. The number of likely N-dealkylation sites (N-methyl/N-ethyl adjacent to an activating group) is 1. The zero-order valence-electron chi connectivity index (χ0n) is 41.0. The molecule has 2 aliphatic carbocycles. The van der Waals surface area contributed by atoms with Crippen molar-refractivity contribution >= 4 is 71.0 Å². The molecule has 17 nitrogen and oxygen atoms in total. The van der Waals surface area contributed by atoms with Gasteiger partial charge in [-0.05, 0) is 118 Å². The van der Waals surface area contributed by atoms with Crippen LogP contribution in [0.4, 0.5) is 0 Å². The smallest absolute Gasteiger partial charge is 0.343 e. The summed E-state index contributed by atoms with van der Waals surface area (Å²) in [6, 6.07) is 15.1. The summed E-state index contributed by atoms with van der Waals surface area (Å²) in [5, 5.41) is 5.75. The van der Waals surface area contributed by atoms with Gasteiger partial charge < -0.3 is 37.9 Å². The fraction of sp³-hybridized carbons (Fsp3) is 0.407. The zero-order chi connectivity index (χ0) is 52.0. The topological polar surface area (TPSA) is 209 Å². The van der Waals surface area contributed by atoms with Crippen LogP contribution in [0.2, 0.25) is 0 Å². The van der Waals surface area contributed by atoms with Crippen molar-refractivity contribution < 1.29 is 71.5 Å². The predicted molar refractivity (Wildman–Crippen MR) is 269 cm³/mol. The minimum atomic E-state index is -0.699. The fourth-order valence-corrected chi connectivity index (χ4v) is 11.0. The number of hydrazone groups is 1. The molecule has 0 unspecified atom stereocenters. The van der Waals surface area contributed by atoms with Gasteiger partial charge in [0.25, 0.3) is 5.91 Å². The first-order valence-electron chi connectivity index (χ1n) is 24.2. The van der Waals surface area contributed by atoms with E-state index in [-0.39, 0.29) is 95.1 Å². The maximum absolute atomic E-state index is 13.7. The van der Waals surface area contributed by atoms with Gasteiger partial charge in [0.1, 0.15) is 23.0 Å². The number of amides is 1. The Morgan fingerprint density at radius 2 is 1.03 bits per heavy atom. The molecule has 0 saturated heterocycles. The number of hydrogen-bond acceptors (Lipinski definition) is 18. The lowest BCUT2D eigenvalue weighted by Crippen LogP contribution is -2.29. The highest BCUT2D eigenvalue weighted by atomic mass is 32.2. The first-order chi connectivity index (χ1) is 35.2. The van der Waals surface area contributed by atoms with Crippen molar-refractivity contribution in [2.24, 2.45) is 22.9 Å². The molecular weight excluding hydrogens is 981 g/mol. The van der Waals surface area contributed by atoms with Crippen molar-refractivity contribution in [3.8, 4) is 23.0 Å². The summed E-state index contributed by atoms with van der Waals surface area (Å²) in [5.74, 6) is -3.21. The van der Waals surface area contributed by atoms with Gasteiger partial charge in [0.2, 0.25) is 0 Å². The Morgan fingerprint density at radius 1 is 0.616 bits per heavy atom. The van der Waals surface area contributed by atoms with Gasteiger partial charge >= 0.3 is 35.8 Å². The molecule has 0 N–H and O–H groups in total. The minimum absolute atomic E-state index is 0.00628. The van der Waals surface area contributed by atoms with Gasteiger partial charge in [0.05, 0.1) is 86.9 Å². The summed E-state index contributed by atoms with van der Waals surface area (Å²) in [5.41, 5.74) is 1.36. The molecule has 0 bridgehead atoms. The summed E-state index contributed by atoms with van der Waals surface area (Å²) in [6.45, 7) is 12.0. The van der Waals surface area contributed by atoms with E-state index in [0.29, 0.717) is 103 Å². The third kappa shape index (κ3) is 14.6. The van der Waals surface area contributed by atoms with Gasteiger partial charge in [-0.2, -0.15) is 5.10 Å². The van der Waals surface area contributed by atoms with Crippen LogP contribution < -0.4 is 18.9 Å². The molecule has 0 spiro atoms. The fourth-order valence-electron chi connectivity index (χ4n) is 8.36. The Morgan fingerprint density at radius 3 is 1.41 bits per heavy atom. The molecule has 2 fully saturated rings. The third-order valence-corrected chi connectivity index (χ3v) is 15.0. The zero-order valence-corrected chi connectivity index (χ0v) is 42.6. The van der Waals surface area contributed by atoms with Crippen LogP contribution in [0.25, 0.3) is 0 Å². The van der Waals surface area contributed by atoms with E-state index in [9.17, 15) is 33.6 Å². The van der Waals surface area contributed by atoms with Crippen LogP contribution >= 0.6 is 23.5 Å². The molecule has 1 amide bonds. The molecule has 2 saturated carbocycles. The van der Waals surface area contributed by atoms with E-state index in [4.69, 9.17) is 37.9 Å². The third-order valence-electron chi connectivity index (χ3n) is 12.3. The highest BCUT2D eigenvalue weighted by molar-refractivity contribution is 8.25. The van der Waals surface area contributed by atoms with Crippen LogP contribution in [0, 0.1) is 17.8 Å². The molecule has 0 atom stereocenters. The van der Waals surface area contributed by atoms with E-state index in [2.05, 4.69) is 18.3 Å². The lowest BCUT2D eigenvalue weighted by molar-refractivity contribution is -0.142. The second-order valence-corrected chi connectivity index (χ2v) is 20.2. The minimum Gasteiger partial charge on any atom is -0.462 e. The number of hydrogen-bond donors (Lipinski definition) is 0. The van der Waals surface area contributed by atoms with Crippen molar-refractivity contribution in [3.05, 3.63) is 107 Å². The molecule has 0 aromatic heterocycles. The number of carbonyl (C=O) groups excluding carboxylic acids is 7. The molecular formula is C54H58N2O15S2. The van der Waals surface area contributed by atoms with Gasteiger partial charge in [-0.3, -0.25) is 14.4 Å². The molecule has 2 heterocycles. The highest BCUT2D eigenvalue weighted by Gasteiger charge is 2.38. The highest BCUT2D eigenvalue weighted by Crippen LogP contribution is 2.59. The van der Waals surface area contributed by atoms with Crippen molar-refractivity contribution in [2.45, 2.75) is 100 Å². The Hall–Kier alpha value is -6.54. The van der Waals surface area contributed by atoms with Crippen LogP contribution in [0.3, 0.4) is 0 Å². The Balaban J connectivity index is 0.953.